The molecule has 1 heterocycles. The number of carbonyl (C=O) groups is 2. The highest BCUT2D eigenvalue weighted by molar-refractivity contribution is 6.08. The molecule has 188 valence electrons. The van der Waals surface area contributed by atoms with Crippen LogP contribution in [-0.4, -0.2) is 30.0 Å². The smallest absolute Gasteiger partial charge is 0.261 e. The molecule has 0 aliphatic heterocycles. The molecule has 0 unspecified atom stereocenters. The molecule has 2 amide bonds. The van der Waals surface area contributed by atoms with Crippen LogP contribution in [-0.2, 0) is 0 Å². The van der Waals surface area contributed by atoms with Gasteiger partial charge in [-0.05, 0) is 50.2 Å². The number of amides is 2. The first-order valence-corrected chi connectivity index (χ1v) is 11.9. The van der Waals surface area contributed by atoms with Gasteiger partial charge in [-0.2, -0.15) is 0 Å². The van der Waals surface area contributed by atoms with Gasteiger partial charge in [0.05, 0.1) is 24.6 Å². The summed E-state index contributed by atoms with van der Waals surface area (Å²) >= 11 is 0. The lowest BCUT2D eigenvalue weighted by Gasteiger charge is -2.18. The van der Waals surface area contributed by atoms with Gasteiger partial charge in [-0.1, -0.05) is 36.4 Å². The van der Waals surface area contributed by atoms with Crippen molar-refractivity contribution in [2.45, 2.75) is 13.8 Å². The number of anilines is 2. The minimum absolute atomic E-state index is 0.168. The van der Waals surface area contributed by atoms with E-state index in [-0.39, 0.29) is 17.4 Å². The molecule has 0 aliphatic carbocycles. The Morgan fingerprint density at radius 1 is 0.730 bits per heavy atom. The zero-order chi connectivity index (χ0) is 26.0. The van der Waals surface area contributed by atoms with E-state index in [9.17, 15) is 9.59 Å². The van der Waals surface area contributed by atoms with E-state index in [1.807, 2.05) is 38.1 Å². The van der Waals surface area contributed by atoms with Gasteiger partial charge in [0.15, 0.2) is 0 Å². The fraction of sp³-hybridized carbons (Fsp3) is 0.138. The van der Waals surface area contributed by atoms with Crippen LogP contribution in [0.2, 0.25) is 0 Å². The van der Waals surface area contributed by atoms with E-state index in [1.165, 1.54) is 0 Å². The average molecular weight is 498 g/mol. The zero-order valence-electron chi connectivity index (χ0n) is 20.6. The van der Waals surface area contributed by atoms with Gasteiger partial charge >= 0.3 is 0 Å². The summed E-state index contributed by atoms with van der Waals surface area (Å²) in [6.45, 7) is 4.36. The van der Waals surface area contributed by atoms with Crippen LogP contribution in [0.1, 0.15) is 34.6 Å². The second-order valence-corrected chi connectivity index (χ2v) is 7.76. The van der Waals surface area contributed by atoms with Crippen molar-refractivity contribution in [1.82, 2.24) is 4.98 Å². The molecule has 0 saturated heterocycles. The highest BCUT2D eigenvalue weighted by Crippen LogP contribution is 2.38. The Balaban J connectivity index is 1.63. The Morgan fingerprint density at radius 3 is 1.89 bits per heavy atom. The fourth-order valence-electron chi connectivity index (χ4n) is 3.52. The molecule has 0 fully saturated rings. The summed E-state index contributed by atoms with van der Waals surface area (Å²) in [5, 5.41) is 5.74. The van der Waals surface area contributed by atoms with Crippen molar-refractivity contribution < 1.29 is 23.8 Å². The second-order valence-electron chi connectivity index (χ2n) is 7.76. The number of hydrogen-bond acceptors (Lipinski definition) is 6. The summed E-state index contributed by atoms with van der Waals surface area (Å²) in [7, 11) is 0. The van der Waals surface area contributed by atoms with Crippen molar-refractivity contribution in [3.8, 4) is 23.1 Å². The summed E-state index contributed by atoms with van der Waals surface area (Å²) in [5.74, 6) is 0.750. The zero-order valence-corrected chi connectivity index (χ0v) is 20.6. The van der Waals surface area contributed by atoms with Gasteiger partial charge in [-0.25, -0.2) is 4.98 Å². The normalized spacial score (nSPS) is 10.3. The predicted octanol–water partition coefficient (Wildman–Crippen LogP) is 6.18. The van der Waals surface area contributed by atoms with Gasteiger partial charge in [-0.3, -0.25) is 9.59 Å². The molecule has 1 aromatic heterocycles. The van der Waals surface area contributed by atoms with E-state index in [0.29, 0.717) is 47.4 Å². The number of nitrogens with zero attached hydrogens (tertiary/aromatic N) is 1. The third kappa shape index (κ3) is 6.43. The molecule has 4 aromatic rings. The average Bonchev–Trinajstić information content (AvgIpc) is 2.92. The van der Waals surface area contributed by atoms with Crippen molar-refractivity contribution in [3.63, 3.8) is 0 Å². The van der Waals surface area contributed by atoms with Crippen LogP contribution in [0.5, 0.6) is 23.1 Å². The molecule has 4 rings (SSSR count). The molecule has 0 bridgehead atoms. The van der Waals surface area contributed by atoms with Crippen LogP contribution in [0.3, 0.4) is 0 Å². The lowest BCUT2D eigenvalue weighted by molar-refractivity contribution is 0.101. The monoisotopic (exact) mass is 497 g/mol. The maximum absolute atomic E-state index is 13.3. The molecule has 2 N–H and O–H groups in total. The number of benzene rings is 3. The molecule has 3 aromatic carbocycles. The van der Waals surface area contributed by atoms with Crippen LogP contribution in [0, 0.1) is 0 Å². The van der Waals surface area contributed by atoms with Crippen molar-refractivity contribution in [2.75, 3.05) is 23.8 Å². The summed E-state index contributed by atoms with van der Waals surface area (Å²) in [6, 6.07) is 24.5. The number of ether oxygens (including phenoxy) is 3. The first-order valence-electron chi connectivity index (χ1n) is 11.9. The minimum atomic E-state index is -0.441. The number of aromatic nitrogens is 1. The Morgan fingerprint density at radius 2 is 1.30 bits per heavy atom. The minimum Gasteiger partial charge on any atom is -0.492 e. The van der Waals surface area contributed by atoms with Crippen molar-refractivity contribution in [3.05, 3.63) is 102 Å². The predicted molar refractivity (Wildman–Crippen MR) is 142 cm³/mol. The Kier molecular flexibility index (Phi) is 8.33. The number of pyridine rings is 1. The third-order valence-corrected chi connectivity index (χ3v) is 5.19. The highest BCUT2D eigenvalue weighted by Gasteiger charge is 2.20. The molecule has 8 heteroatoms. The number of rotatable bonds is 10. The van der Waals surface area contributed by atoms with Gasteiger partial charge in [-0.15, -0.1) is 0 Å². The van der Waals surface area contributed by atoms with Gasteiger partial charge in [0.2, 0.25) is 5.88 Å². The van der Waals surface area contributed by atoms with Gasteiger partial charge < -0.3 is 24.8 Å². The summed E-state index contributed by atoms with van der Waals surface area (Å²) in [5.41, 5.74) is 1.55. The molecule has 0 saturated carbocycles. The SMILES string of the molecule is CCOc1cc(NC(=O)c2cccnc2Oc2ccccc2)c(OCC)cc1NC(=O)c1ccccc1. The van der Waals surface area contributed by atoms with Gasteiger partial charge in [0.25, 0.3) is 11.8 Å². The number of carbonyl (C=O) groups excluding carboxylic acids is 2. The van der Waals surface area contributed by atoms with Crippen LogP contribution in [0.25, 0.3) is 0 Å². The van der Waals surface area contributed by atoms with E-state index in [1.54, 1.807) is 66.9 Å². The van der Waals surface area contributed by atoms with Crippen LogP contribution in [0.4, 0.5) is 11.4 Å². The maximum Gasteiger partial charge on any atom is 0.261 e. The third-order valence-electron chi connectivity index (χ3n) is 5.19. The van der Waals surface area contributed by atoms with Crippen molar-refractivity contribution in [2.24, 2.45) is 0 Å². The first kappa shape index (κ1) is 25.2. The number of nitrogens with one attached hydrogen (secondary N) is 2. The molecule has 0 atom stereocenters. The molecule has 0 radical (unpaired) electrons. The maximum atomic E-state index is 13.3. The first-order chi connectivity index (χ1) is 18.1. The molecular formula is C29H27N3O5. The van der Waals surface area contributed by atoms with E-state index in [2.05, 4.69) is 15.6 Å². The molecule has 8 nitrogen and oxygen atoms in total. The number of hydrogen-bond donors (Lipinski definition) is 2. The second kappa shape index (κ2) is 12.2. The topological polar surface area (TPSA) is 98.8 Å². The summed E-state index contributed by atoms with van der Waals surface area (Å²) in [6.07, 6.45) is 1.55. The lowest BCUT2D eigenvalue weighted by Crippen LogP contribution is -2.16. The Hall–Kier alpha value is -4.85. The lowest BCUT2D eigenvalue weighted by atomic mass is 10.1. The highest BCUT2D eigenvalue weighted by atomic mass is 16.5. The van der Waals surface area contributed by atoms with E-state index >= 15 is 0 Å². The van der Waals surface area contributed by atoms with E-state index in [4.69, 9.17) is 14.2 Å². The molecule has 37 heavy (non-hydrogen) atoms. The van der Waals surface area contributed by atoms with Crippen LogP contribution >= 0.6 is 0 Å². The standard InChI is InChI=1S/C29H27N3O5/c1-3-35-25-19-24(26(36-4-2)18-23(25)31-27(33)20-12-7-5-8-13-20)32-28(34)22-16-11-17-30-29(22)37-21-14-9-6-10-15-21/h5-19H,3-4H2,1-2H3,(H,31,33)(H,32,34). The van der Waals surface area contributed by atoms with E-state index < -0.39 is 5.91 Å². The quantitative estimate of drug-likeness (QED) is 0.272. The summed E-state index contributed by atoms with van der Waals surface area (Å²) in [4.78, 5) is 30.3. The van der Waals surface area contributed by atoms with Crippen LogP contribution in [0.15, 0.2) is 91.1 Å². The van der Waals surface area contributed by atoms with Crippen molar-refractivity contribution >= 4 is 23.2 Å². The molecule has 0 spiro atoms. The Labute approximate surface area is 215 Å². The molecule has 0 aliphatic rings. The van der Waals surface area contributed by atoms with Crippen LogP contribution < -0.4 is 24.8 Å². The summed E-state index contributed by atoms with van der Waals surface area (Å²) < 4.78 is 17.4. The largest absolute Gasteiger partial charge is 0.492 e. The van der Waals surface area contributed by atoms with E-state index in [0.717, 1.165) is 0 Å². The van der Waals surface area contributed by atoms with Gasteiger partial charge in [0, 0.05) is 23.9 Å². The fourth-order valence-corrected chi connectivity index (χ4v) is 3.52. The Bertz CT molecular complexity index is 1360. The number of para-hydroxylation sites is 1. The van der Waals surface area contributed by atoms with Gasteiger partial charge in [0.1, 0.15) is 22.8 Å². The molecular weight excluding hydrogens is 470 g/mol. The van der Waals surface area contributed by atoms with Crippen molar-refractivity contribution in [1.29, 1.82) is 0 Å².